The number of primary amides is 1. The van der Waals surface area contributed by atoms with E-state index in [1.54, 1.807) is 6.21 Å². The molecule has 2 amide bonds. The standard InChI is InChI=1S/C13H15N3O/c1-8-10-5-3-4-6-11(10)9(2)12(8)7-15-16-13(14)17/h3-8H,1-2H3,(H3,14,16,17)/t8-/m1/s1. The van der Waals surface area contributed by atoms with Crippen molar-refractivity contribution in [2.45, 2.75) is 19.8 Å². The molecule has 0 unspecified atom stereocenters. The predicted molar refractivity (Wildman–Crippen MR) is 68.7 cm³/mol. The summed E-state index contributed by atoms with van der Waals surface area (Å²) in [5, 5.41) is 3.83. The molecule has 0 saturated carbocycles. The smallest absolute Gasteiger partial charge is 0.332 e. The monoisotopic (exact) mass is 229 g/mol. The Bertz CT molecular complexity index is 517. The van der Waals surface area contributed by atoms with E-state index in [0.717, 1.165) is 5.57 Å². The van der Waals surface area contributed by atoms with Crippen molar-refractivity contribution in [2.24, 2.45) is 10.8 Å². The minimum absolute atomic E-state index is 0.296. The van der Waals surface area contributed by atoms with E-state index in [-0.39, 0.29) is 0 Å². The van der Waals surface area contributed by atoms with Gasteiger partial charge in [0.2, 0.25) is 0 Å². The lowest BCUT2D eigenvalue weighted by Gasteiger charge is -2.06. The summed E-state index contributed by atoms with van der Waals surface area (Å²) in [7, 11) is 0. The van der Waals surface area contributed by atoms with E-state index in [1.165, 1.54) is 16.7 Å². The van der Waals surface area contributed by atoms with Crippen LogP contribution in [0.15, 0.2) is 34.9 Å². The average Bonchev–Trinajstić information content (AvgIpc) is 2.54. The number of carbonyl (C=O) groups is 1. The van der Waals surface area contributed by atoms with Gasteiger partial charge in [0.25, 0.3) is 0 Å². The highest BCUT2D eigenvalue weighted by Gasteiger charge is 2.23. The minimum atomic E-state index is -0.650. The van der Waals surface area contributed by atoms with Crippen molar-refractivity contribution in [1.82, 2.24) is 5.43 Å². The molecular formula is C13H15N3O. The Morgan fingerprint density at radius 2 is 2.18 bits per heavy atom. The second-order valence-electron chi connectivity index (χ2n) is 4.12. The first-order chi connectivity index (χ1) is 8.11. The van der Waals surface area contributed by atoms with E-state index < -0.39 is 6.03 Å². The molecule has 0 aliphatic heterocycles. The summed E-state index contributed by atoms with van der Waals surface area (Å²) >= 11 is 0. The minimum Gasteiger partial charge on any atom is -0.350 e. The van der Waals surface area contributed by atoms with Gasteiger partial charge in [0.15, 0.2) is 0 Å². The number of hydrazone groups is 1. The Balaban J connectivity index is 2.29. The number of benzene rings is 1. The van der Waals surface area contributed by atoms with Crippen LogP contribution in [0, 0.1) is 0 Å². The van der Waals surface area contributed by atoms with Gasteiger partial charge in [-0.1, -0.05) is 31.2 Å². The first kappa shape index (κ1) is 11.4. The normalized spacial score (nSPS) is 18.6. The number of rotatable bonds is 2. The van der Waals surface area contributed by atoms with E-state index in [0.29, 0.717) is 5.92 Å². The van der Waals surface area contributed by atoms with Gasteiger partial charge in [0.05, 0.1) is 6.21 Å². The molecule has 1 atom stereocenters. The first-order valence-electron chi connectivity index (χ1n) is 5.50. The molecule has 1 aliphatic carbocycles. The van der Waals surface area contributed by atoms with E-state index in [4.69, 9.17) is 5.73 Å². The van der Waals surface area contributed by atoms with Crippen molar-refractivity contribution in [1.29, 1.82) is 0 Å². The van der Waals surface area contributed by atoms with Gasteiger partial charge in [0.1, 0.15) is 0 Å². The molecule has 0 radical (unpaired) electrons. The molecule has 3 N–H and O–H groups in total. The summed E-state index contributed by atoms with van der Waals surface area (Å²) in [6.07, 6.45) is 1.67. The lowest BCUT2D eigenvalue weighted by Crippen LogP contribution is -2.24. The molecule has 17 heavy (non-hydrogen) atoms. The number of carbonyl (C=O) groups excluding carboxylic acids is 1. The Morgan fingerprint density at radius 3 is 2.82 bits per heavy atom. The van der Waals surface area contributed by atoms with Crippen LogP contribution in [0.25, 0.3) is 5.57 Å². The lowest BCUT2D eigenvalue weighted by molar-refractivity contribution is 0.249. The number of nitrogens with two attached hydrogens (primary N) is 1. The molecule has 0 heterocycles. The molecule has 4 heteroatoms. The number of nitrogens with zero attached hydrogens (tertiary/aromatic N) is 1. The molecule has 1 aromatic rings. The maximum atomic E-state index is 10.5. The third kappa shape index (κ3) is 2.06. The summed E-state index contributed by atoms with van der Waals surface area (Å²) in [5.74, 6) is 0.296. The van der Waals surface area contributed by atoms with E-state index in [1.807, 2.05) is 12.1 Å². The zero-order valence-electron chi connectivity index (χ0n) is 9.90. The number of fused-ring (bicyclic) bond motifs is 1. The van der Waals surface area contributed by atoms with Gasteiger partial charge in [0, 0.05) is 5.92 Å². The SMILES string of the molecule is CC1=C(C=NNC(N)=O)[C@H](C)c2ccccc21. The third-order valence-electron chi connectivity index (χ3n) is 3.11. The Labute approximate surface area is 100 Å². The molecule has 0 saturated heterocycles. The zero-order valence-corrected chi connectivity index (χ0v) is 9.90. The highest BCUT2D eigenvalue weighted by molar-refractivity contribution is 5.96. The van der Waals surface area contributed by atoms with Crippen LogP contribution < -0.4 is 11.2 Å². The first-order valence-corrected chi connectivity index (χ1v) is 5.50. The number of amides is 2. The molecule has 0 bridgehead atoms. The van der Waals surface area contributed by atoms with Crippen molar-refractivity contribution in [2.75, 3.05) is 0 Å². The molecule has 1 aromatic carbocycles. The molecule has 0 fully saturated rings. The molecule has 0 aromatic heterocycles. The molecule has 1 aliphatic rings. The van der Waals surface area contributed by atoms with E-state index >= 15 is 0 Å². The van der Waals surface area contributed by atoms with Crippen molar-refractivity contribution >= 4 is 17.8 Å². The number of nitrogens with one attached hydrogen (secondary N) is 1. The van der Waals surface area contributed by atoms with Gasteiger partial charge in [-0.05, 0) is 29.2 Å². The van der Waals surface area contributed by atoms with Gasteiger partial charge < -0.3 is 5.73 Å². The summed E-state index contributed by atoms with van der Waals surface area (Å²) in [6.45, 7) is 4.19. The second kappa shape index (κ2) is 4.41. The van der Waals surface area contributed by atoms with Crippen LogP contribution >= 0.6 is 0 Å². The average molecular weight is 229 g/mol. The Hall–Kier alpha value is -2.10. The van der Waals surface area contributed by atoms with Crippen LogP contribution in [0.4, 0.5) is 4.79 Å². The Kier molecular flexibility index (Phi) is 2.95. The molecule has 2 rings (SSSR count). The maximum Gasteiger partial charge on any atom is 0.332 e. The number of urea groups is 1. The largest absolute Gasteiger partial charge is 0.350 e. The number of hydrogen-bond acceptors (Lipinski definition) is 2. The molecule has 88 valence electrons. The topological polar surface area (TPSA) is 67.5 Å². The van der Waals surface area contributed by atoms with Crippen LogP contribution in [-0.4, -0.2) is 12.2 Å². The highest BCUT2D eigenvalue weighted by atomic mass is 16.2. The fourth-order valence-corrected chi connectivity index (χ4v) is 2.24. The van der Waals surface area contributed by atoms with Gasteiger partial charge >= 0.3 is 6.03 Å². The van der Waals surface area contributed by atoms with Gasteiger partial charge in [-0.2, -0.15) is 5.10 Å². The van der Waals surface area contributed by atoms with Crippen LogP contribution in [0.3, 0.4) is 0 Å². The third-order valence-corrected chi connectivity index (χ3v) is 3.11. The summed E-state index contributed by atoms with van der Waals surface area (Å²) in [4.78, 5) is 10.5. The van der Waals surface area contributed by atoms with Crippen LogP contribution in [-0.2, 0) is 0 Å². The van der Waals surface area contributed by atoms with E-state index in [2.05, 4.69) is 36.5 Å². The van der Waals surface area contributed by atoms with Gasteiger partial charge in [-0.15, -0.1) is 0 Å². The summed E-state index contributed by atoms with van der Waals surface area (Å²) < 4.78 is 0. The van der Waals surface area contributed by atoms with Gasteiger partial charge in [-0.3, -0.25) is 0 Å². The lowest BCUT2D eigenvalue weighted by atomic mass is 9.99. The van der Waals surface area contributed by atoms with Crippen molar-refractivity contribution in [3.63, 3.8) is 0 Å². The van der Waals surface area contributed by atoms with Crippen molar-refractivity contribution < 1.29 is 4.79 Å². The number of hydrogen-bond donors (Lipinski definition) is 2. The summed E-state index contributed by atoms with van der Waals surface area (Å²) in [5.41, 5.74) is 12.0. The van der Waals surface area contributed by atoms with E-state index in [9.17, 15) is 4.79 Å². The van der Waals surface area contributed by atoms with Crippen molar-refractivity contribution in [3.8, 4) is 0 Å². The molecule has 0 spiro atoms. The predicted octanol–water partition coefficient (Wildman–Crippen LogP) is 2.23. The number of allylic oxidation sites excluding steroid dienone is 2. The Morgan fingerprint density at radius 1 is 1.47 bits per heavy atom. The molecule has 4 nitrogen and oxygen atoms in total. The van der Waals surface area contributed by atoms with Gasteiger partial charge in [-0.25, -0.2) is 10.2 Å². The van der Waals surface area contributed by atoms with Crippen molar-refractivity contribution in [3.05, 3.63) is 41.0 Å². The highest BCUT2D eigenvalue weighted by Crippen LogP contribution is 2.40. The summed E-state index contributed by atoms with van der Waals surface area (Å²) in [6, 6.07) is 7.62. The maximum absolute atomic E-state index is 10.5. The van der Waals surface area contributed by atoms with Crippen LogP contribution in [0.2, 0.25) is 0 Å². The zero-order chi connectivity index (χ0) is 12.4. The van der Waals surface area contributed by atoms with Crippen LogP contribution in [0.5, 0.6) is 0 Å². The molecular weight excluding hydrogens is 214 g/mol. The fourth-order valence-electron chi connectivity index (χ4n) is 2.24. The second-order valence-corrected chi connectivity index (χ2v) is 4.12. The fraction of sp³-hybridized carbons (Fsp3) is 0.231. The van der Waals surface area contributed by atoms with Crippen LogP contribution in [0.1, 0.15) is 30.9 Å². The quantitative estimate of drug-likeness (QED) is 0.592.